The van der Waals surface area contributed by atoms with E-state index in [1.807, 2.05) is 55.5 Å². The number of rotatable bonds is 6. The van der Waals surface area contributed by atoms with Crippen LogP contribution in [-0.2, 0) is 11.3 Å². The molecule has 0 spiro atoms. The number of fused-ring (bicyclic) bond motifs is 3. The van der Waals surface area contributed by atoms with Crippen LogP contribution in [0, 0.1) is 6.92 Å². The van der Waals surface area contributed by atoms with E-state index in [0.717, 1.165) is 16.6 Å². The molecule has 0 aliphatic heterocycles. The van der Waals surface area contributed by atoms with Gasteiger partial charge in [-0.15, -0.1) is 0 Å². The first-order valence-electron chi connectivity index (χ1n) is 11.1. The van der Waals surface area contributed by atoms with Gasteiger partial charge in [-0.1, -0.05) is 42.0 Å². The number of carbonyl (C=O) groups excluding carboxylic acids is 1. The SMILES string of the molecule is COc1ccc(NC(=O)Cn2c3ccccc3n3c(=O)cc(-c4ccc(C)cc4)nc23)c(OC)c1. The summed E-state index contributed by atoms with van der Waals surface area (Å²) in [5, 5.41) is 2.89. The van der Waals surface area contributed by atoms with E-state index < -0.39 is 0 Å². The molecule has 0 aliphatic rings. The van der Waals surface area contributed by atoms with E-state index in [1.165, 1.54) is 17.6 Å². The number of carbonyl (C=O) groups is 1. The third-order valence-corrected chi connectivity index (χ3v) is 5.89. The lowest BCUT2D eigenvalue weighted by Crippen LogP contribution is -2.21. The summed E-state index contributed by atoms with van der Waals surface area (Å²) in [6.07, 6.45) is 0. The molecule has 5 rings (SSSR count). The average molecular weight is 469 g/mol. The molecule has 176 valence electrons. The minimum atomic E-state index is -0.285. The molecule has 0 saturated carbocycles. The van der Waals surface area contributed by atoms with Gasteiger partial charge in [0.25, 0.3) is 5.56 Å². The summed E-state index contributed by atoms with van der Waals surface area (Å²) in [5.74, 6) is 1.21. The first-order valence-corrected chi connectivity index (χ1v) is 11.1. The highest BCUT2D eigenvalue weighted by atomic mass is 16.5. The third-order valence-electron chi connectivity index (χ3n) is 5.89. The van der Waals surface area contributed by atoms with Gasteiger partial charge in [0.2, 0.25) is 11.7 Å². The number of anilines is 1. The lowest BCUT2D eigenvalue weighted by molar-refractivity contribution is -0.116. The second kappa shape index (κ2) is 8.98. The molecule has 1 amide bonds. The number of ether oxygens (including phenoxy) is 2. The van der Waals surface area contributed by atoms with Gasteiger partial charge in [-0.2, -0.15) is 0 Å². The number of para-hydroxylation sites is 2. The largest absolute Gasteiger partial charge is 0.497 e. The average Bonchev–Trinajstić information content (AvgIpc) is 3.18. The van der Waals surface area contributed by atoms with E-state index in [1.54, 1.807) is 29.9 Å². The zero-order valence-electron chi connectivity index (χ0n) is 19.6. The van der Waals surface area contributed by atoms with Crippen LogP contribution in [0.25, 0.3) is 28.1 Å². The third kappa shape index (κ3) is 4.10. The quantitative estimate of drug-likeness (QED) is 0.402. The van der Waals surface area contributed by atoms with Gasteiger partial charge in [0, 0.05) is 17.7 Å². The van der Waals surface area contributed by atoms with Gasteiger partial charge in [-0.25, -0.2) is 9.38 Å². The van der Waals surface area contributed by atoms with Crippen LogP contribution in [0.1, 0.15) is 5.56 Å². The Morgan fingerprint density at radius 3 is 2.40 bits per heavy atom. The summed E-state index contributed by atoms with van der Waals surface area (Å²) in [5.41, 5.74) is 4.23. The Labute approximate surface area is 201 Å². The molecule has 0 radical (unpaired) electrons. The van der Waals surface area contributed by atoms with Crippen molar-refractivity contribution in [2.45, 2.75) is 13.5 Å². The maximum Gasteiger partial charge on any atom is 0.260 e. The van der Waals surface area contributed by atoms with Crippen molar-refractivity contribution in [3.63, 3.8) is 0 Å². The van der Waals surface area contributed by atoms with Crippen molar-refractivity contribution in [2.75, 3.05) is 19.5 Å². The minimum absolute atomic E-state index is 0.0456. The molecule has 35 heavy (non-hydrogen) atoms. The van der Waals surface area contributed by atoms with Gasteiger partial charge in [-0.3, -0.25) is 9.59 Å². The lowest BCUT2D eigenvalue weighted by Gasteiger charge is -2.12. The van der Waals surface area contributed by atoms with E-state index in [-0.39, 0.29) is 18.0 Å². The lowest BCUT2D eigenvalue weighted by atomic mass is 10.1. The number of benzene rings is 3. The molecular formula is C27H24N4O4. The zero-order chi connectivity index (χ0) is 24.5. The maximum atomic E-state index is 13.2. The van der Waals surface area contributed by atoms with E-state index in [9.17, 15) is 9.59 Å². The monoisotopic (exact) mass is 468 g/mol. The van der Waals surface area contributed by atoms with Gasteiger partial charge in [0.1, 0.15) is 18.0 Å². The first-order chi connectivity index (χ1) is 17.0. The number of aryl methyl sites for hydroxylation is 1. The highest BCUT2D eigenvalue weighted by Gasteiger charge is 2.18. The number of methoxy groups -OCH3 is 2. The summed E-state index contributed by atoms with van der Waals surface area (Å²) in [4.78, 5) is 31.1. The van der Waals surface area contributed by atoms with Gasteiger partial charge >= 0.3 is 0 Å². The van der Waals surface area contributed by atoms with Crippen LogP contribution in [0.5, 0.6) is 11.5 Å². The summed E-state index contributed by atoms with van der Waals surface area (Å²) >= 11 is 0. The molecule has 0 aliphatic carbocycles. The normalized spacial score (nSPS) is 11.1. The molecule has 0 unspecified atom stereocenters. The molecule has 3 aromatic carbocycles. The fraction of sp³-hybridized carbons (Fsp3) is 0.148. The standard InChI is InChI=1S/C27H24N4O4/c1-17-8-10-18(11-9-17)21-15-26(33)31-23-7-5-4-6-22(23)30(27(31)29-21)16-25(32)28-20-13-12-19(34-2)14-24(20)35-3/h4-15H,16H2,1-3H3,(H,28,32). The molecule has 2 heterocycles. The van der Waals surface area contributed by atoms with Crippen molar-refractivity contribution in [3.8, 4) is 22.8 Å². The molecule has 0 bridgehead atoms. The predicted molar refractivity (Wildman–Crippen MR) is 135 cm³/mol. The van der Waals surface area contributed by atoms with Crippen molar-refractivity contribution in [3.05, 3.63) is 88.7 Å². The number of nitrogens with one attached hydrogen (secondary N) is 1. The molecule has 5 aromatic rings. The molecule has 2 aromatic heterocycles. The number of hydrogen-bond donors (Lipinski definition) is 1. The Hall–Kier alpha value is -4.59. The fourth-order valence-electron chi connectivity index (χ4n) is 4.13. The minimum Gasteiger partial charge on any atom is -0.497 e. The molecule has 0 atom stereocenters. The van der Waals surface area contributed by atoms with E-state index in [0.29, 0.717) is 34.2 Å². The number of nitrogens with zero attached hydrogens (tertiary/aromatic N) is 3. The van der Waals surface area contributed by atoms with Crippen molar-refractivity contribution in [1.29, 1.82) is 0 Å². The van der Waals surface area contributed by atoms with E-state index in [4.69, 9.17) is 14.5 Å². The Morgan fingerprint density at radius 2 is 1.69 bits per heavy atom. The van der Waals surface area contributed by atoms with Gasteiger partial charge < -0.3 is 19.4 Å². The Balaban J connectivity index is 1.59. The Morgan fingerprint density at radius 1 is 0.943 bits per heavy atom. The molecule has 8 heteroatoms. The number of aromatic nitrogens is 3. The van der Waals surface area contributed by atoms with Crippen LogP contribution in [-0.4, -0.2) is 34.1 Å². The van der Waals surface area contributed by atoms with E-state index >= 15 is 0 Å². The van der Waals surface area contributed by atoms with Crippen molar-refractivity contribution >= 4 is 28.4 Å². The summed E-state index contributed by atoms with van der Waals surface area (Å²) in [7, 11) is 3.09. The van der Waals surface area contributed by atoms with Gasteiger partial charge in [0.05, 0.1) is 36.6 Å². The van der Waals surface area contributed by atoms with Crippen LogP contribution < -0.4 is 20.3 Å². The van der Waals surface area contributed by atoms with Crippen LogP contribution in [0.15, 0.2) is 77.6 Å². The molecular weight excluding hydrogens is 444 g/mol. The second-order valence-corrected chi connectivity index (χ2v) is 8.17. The van der Waals surface area contributed by atoms with Gasteiger partial charge in [0.15, 0.2) is 0 Å². The highest BCUT2D eigenvalue weighted by Crippen LogP contribution is 2.29. The van der Waals surface area contributed by atoms with Crippen molar-refractivity contribution < 1.29 is 14.3 Å². The molecule has 0 fully saturated rings. The highest BCUT2D eigenvalue weighted by molar-refractivity contribution is 5.94. The number of amides is 1. The first kappa shape index (κ1) is 22.2. The van der Waals surface area contributed by atoms with Crippen molar-refractivity contribution in [1.82, 2.24) is 14.0 Å². The number of imidazole rings is 1. The molecule has 1 N–H and O–H groups in total. The van der Waals surface area contributed by atoms with Crippen molar-refractivity contribution in [2.24, 2.45) is 0 Å². The zero-order valence-corrected chi connectivity index (χ0v) is 19.6. The van der Waals surface area contributed by atoms with Crippen LogP contribution in [0.3, 0.4) is 0 Å². The topological polar surface area (TPSA) is 86.9 Å². The smallest absolute Gasteiger partial charge is 0.260 e. The van der Waals surface area contributed by atoms with E-state index in [2.05, 4.69) is 5.32 Å². The second-order valence-electron chi connectivity index (χ2n) is 8.17. The number of hydrogen-bond acceptors (Lipinski definition) is 5. The van der Waals surface area contributed by atoms with Crippen LogP contribution >= 0.6 is 0 Å². The summed E-state index contributed by atoms with van der Waals surface area (Å²) in [6.45, 7) is 1.96. The Bertz CT molecular complexity index is 1620. The summed E-state index contributed by atoms with van der Waals surface area (Å²) in [6, 6.07) is 22.0. The van der Waals surface area contributed by atoms with Crippen LogP contribution in [0.2, 0.25) is 0 Å². The molecule has 8 nitrogen and oxygen atoms in total. The maximum absolute atomic E-state index is 13.2. The summed E-state index contributed by atoms with van der Waals surface area (Å²) < 4.78 is 13.9. The van der Waals surface area contributed by atoms with Crippen LogP contribution in [0.4, 0.5) is 5.69 Å². The fourth-order valence-corrected chi connectivity index (χ4v) is 4.13. The molecule has 0 saturated heterocycles. The predicted octanol–water partition coefficient (Wildman–Crippen LogP) is 4.28. The Kier molecular flexibility index (Phi) is 5.70. The van der Waals surface area contributed by atoms with Gasteiger partial charge in [-0.05, 0) is 31.2 Å².